The second-order valence-electron chi connectivity index (χ2n) is 4.70. The van der Waals surface area contributed by atoms with Crippen LogP contribution in [0.4, 0.5) is 0 Å². The second-order valence-corrected chi connectivity index (χ2v) is 7.47. The van der Waals surface area contributed by atoms with Gasteiger partial charge in [0, 0.05) is 12.6 Å². The molecule has 0 spiro atoms. The number of hydrogen-bond donors (Lipinski definition) is 1. The summed E-state index contributed by atoms with van der Waals surface area (Å²) in [5.41, 5.74) is 1.17. The Morgan fingerprint density at radius 2 is 2.35 bits per heavy atom. The van der Waals surface area contributed by atoms with E-state index in [-0.39, 0.29) is 15.9 Å². The van der Waals surface area contributed by atoms with Gasteiger partial charge in [0.2, 0.25) is 0 Å². The molecule has 0 amide bonds. The molecule has 1 saturated heterocycles. The van der Waals surface area contributed by atoms with Gasteiger partial charge >= 0.3 is 5.97 Å². The number of methoxy groups -OCH3 is 1. The van der Waals surface area contributed by atoms with E-state index in [0.717, 1.165) is 30.7 Å². The van der Waals surface area contributed by atoms with Crippen molar-refractivity contribution in [2.75, 3.05) is 27.2 Å². The molecule has 0 bridgehead atoms. The molecule has 0 aliphatic carbocycles. The van der Waals surface area contributed by atoms with Gasteiger partial charge in [0.15, 0.2) is 9.90 Å². The molecule has 2 heterocycles. The van der Waals surface area contributed by atoms with Crippen LogP contribution in [0, 0.1) is 0 Å². The minimum atomic E-state index is -3.75. The third-order valence-corrected chi connectivity index (χ3v) is 5.99. The van der Waals surface area contributed by atoms with Crippen LogP contribution in [0.5, 0.6) is 0 Å². The van der Waals surface area contributed by atoms with Crippen LogP contribution in [-0.4, -0.2) is 57.6 Å². The lowest BCUT2D eigenvalue weighted by Crippen LogP contribution is -2.46. The second kappa shape index (κ2) is 6.17. The molecule has 1 unspecified atom stereocenters. The standard InChI is InChI=1S/C11H17N3O4S2/c1-14-5-3-4-8(6-14)13-20(16,17)11-9(10(15)18-2)12-7-19-11/h7-8,13H,3-6H2,1-2H3. The first-order chi connectivity index (χ1) is 9.44. The Hall–Kier alpha value is -1.03. The van der Waals surface area contributed by atoms with Crippen molar-refractivity contribution in [3.63, 3.8) is 0 Å². The Morgan fingerprint density at radius 3 is 3.00 bits per heavy atom. The highest BCUT2D eigenvalue weighted by molar-refractivity contribution is 7.91. The quantitative estimate of drug-likeness (QED) is 0.803. The number of likely N-dealkylation sites (N-methyl/N-ethyl adjacent to an activating group) is 1. The highest BCUT2D eigenvalue weighted by Crippen LogP contribution is 2.22. The van der Waals surface area contributed by atoms with Crippen LogP contribution in [0.1, 0.15) is 23.3 Å². The van der Waals surface area contributed by atoms with Gasteiger partial charge in [-0.1, -0.05) is 0 Å². The Bertz CT molecular complexity index is 584. The molecule has 1 aliphatic rings. The Morgan fingerprint density at radius 1 is 1.60 bits per heavy atom. The van der Waals surface area contributed by atoms with Gasteiger partial charge < -0.3 is 9.64 Å². The van der Waals surface area contributed by atoms with Crippen LogP contribution in [0.2, 0.25) is 0 Å². The number of sulfonamides is 1. The monoisotopic (exact) mass is 319 g/mol. The molecule has 2 rings (SSSR count). The van der Waals surface area contributed by atoms with Crippen molar-refractivity contribution in [1.29, 1.82) is 0 Å². The number of carbonyl (C=O) groups excluding carboxylic acids is 1. The van der Waals surface area contributed by atoms with E-state index in [4.69, 9.17) is 0 Å². The number of piperidine rings is 1. The van der Waals surface area contributed by atoms with Crippen molar-refractivity contribution in [3.05, 3.63) is 11.2 Å². The number of likely N-dealkylation sites (tertiary alicyclic amines) is 1. The molecule has 0 aromatic carbocycles. The molecule has 1 fully saturated rings. The molecular weight excluding hydrogens is 302 g/mol. The minimum absolute atomic E-state index is 0.0856. The SMILES string of the molecule is COC(=O)c1ncsc1S(=O)(=O)NC1CCCN(C)C1. The van der Waals surface area contributed by atoms with Crippen LogP contribution in [0.3, 0.4) is 0 Å². The summed E-state index contributed by atoms with van der Waals surface area (Å²) in [7, 11) is -0.600. The first-order valence-corrected chi connectivity index (χ1v) is 8.53. The lowest BCUT2D eigenvalue weighted by Gasteiger charge is -2.29. The largest absolute Gasteiger partial charge is 0.464 e. The Kier molecular flexibility index (Phi) is 4.74. The number of hydrogen-bond acceptors (Lipinski definition) is 7. The third-order valence-electron chi connectivity index (χ3n) is 3.10. The topological polar surface area (TPSA) is 88.6 Å². The lowest BCUT2D eigenvalue weighted by atomic mass is 10.1. The predicted molar refractivity (Wildman–Crippen MR) is 74.3 cm³/mol. The molecule has 1 aromatic heterocycles. The van der Waals surface area contributed by atoms with Gasteiger partial charge in [0.25, 0.3) is 10.0 Å². The van der Waals surface area contributed by atoms with Crippen LogP contribution >= 0.6 is 11.3 Å². The normalized spacial score (nSPS) is 20.8. The molecule has 20 heavy (non-hydrogen) atoms. The molecule has 0 radical (unpaired) electrons. The first-order valence-electron chi connectivity index (χ1n) is 6.16. The average Bonchev–Trinajstić information content (AvgIpc) is 2.87. The van der Waals surface area contributed by atoms with Gasteiger partial charge in [0.05, 0.1) is 12.6 Å². The summed E-state index contributed by atoms with van der Waals surface area (Å²) < 4.78 is 31.8. The van der Waals surface area contributed by atoms with Gasteiger partial charge in [0.1, 0.15) is 0 Å². The maximum atomic E-state index is 12.3. The number of nitrogens with zero attached hydrogens (tertiary/aromatic N) is 2. The van der Waals surface area contributed by atoms with Gasteiger partial charge in [-0.05, 0) is 26.4 Å². The summed E-state index contributed by atoms with van der Waals surface area (Å²) in [4.78, 5) is 17.4. The number of thiazole rings is 1. The summed E-state index contributed by atoms with van der Waals surface area (Å²) in [6.45, 7) is 1.62. The molecule has 1 N–H and O–H groups in total. The van der Waals surface area contributed by atoms with Gasteiger partial charge in [-0.2, -0.15) is 0 Å². The van der Waals surface area contributed by atoms with E-state index in [1.54, 1.807) is 0 Å². The van der Waals surface area contributed by atoms with E-state index in [1.807, 2.05) is 7.05 Å². The van der Waals surface area contributed by atoms with Crippen molar-refractivity contribution in [3.8, 4) is 0 Å². The highest BCUT2D eigenvalue weighted by Gasteiger charge is 2.30. The van der Waals surface area contributed by atoms with Crippen molar-refractivity contribution >= 4 is 27.3 Å². The van der Waals surface area contributed by atoms with Crippen molar-refractivity contribution < 1.29 is 17.9 Å². The van der Waals surface area contributed by atoms with Crippen molar-refractivity contribution in [2.24, 2.45) is 0 Å². The third kappa shape index (κ3) is 3.35. The fourth-order valence-corrected chi connectivity index (χ4v) is 4.60. The van der Waals surface area contributed by atoms with E-state index >= 15 is 0 Å². The smallest absolute Gasteiger partial charge is 0.358 e. The molecule has 1 aliphatic heterocycles. The van der Waals surface area contributed by atoms with Crippen LogP contribution in [0.15, 0.2) is 9.72 Å². The molecule has 9 heteroatoms. The highest BCUT2D eigenvalue weighted by atomic mass is 32.2. The zero-order valence-electron chi connectivity index (χ0n) is 11.3. The summed E-state index contributed by atoms with van der Waals surface area (Å²) >= 11 is 0.914. The summed E-state index contributed by atoms with van der Waals surface area (Å²) in [5, 5.41) is 0. The zero-order chi connectivity index (χ0) is 14.8. The van der Waals surface area contributed by atoms with E-state index in [2.05, 4.69) is 19.3 Å². The van der Waals surface area contributed by atoms with E-state index < -0.39 is 16.0 Å². The Labute approximate surface area is 122 Å². The number of aromatic nitrogens is 1. The minimum Gasteiger partial charge on any atom is -0.464 e. The molecule has 1 aromatic rings. The predicted octanol–water partition coefficient (Wildman–Crippen LogP) is 0.302. The first kappa shape index (κ1) is 15.4. The van der Waals surface area contributed by atoms with Crippen molar-refractivity contribution in [1.82, 2.24) is 14.6 Å². The number of rotatable bonds is 4. The molecule has 1 atom stereocenters. The van der Waals surface area contributed by atoms with E-state index in [9.17, 15) is 13.2 Å². The van der Waals surface area contributed by atoms with Crippen LogP contribution < -0.4 is 4.72 Å². The average molecular weight is 319 g/mol. The summed E-state index contributed by atoms with van der Waals surface area (Å²) in [6.07, 6.45) is 1.73. The molecule has 112 valence electrons. The maximum absolute atomic E-state index is 12.3. The number of carbonyl (C=O) groups is 1. The van der Waals surface area contributed by atoms with E-state index in [1.165, 1.54) is 12.6 Å². The zero-order valence-corrected chi connectivity index (χ0v) is 13.0. The molecule has 0 saturated carbocycles. The van der Waals surface area contributed by atoms with Gasteiger partial charge in [-0.15, -0.1) is 11.3 Å². The fourth-order valence-electron chi connectivity index (χ4n) is 2.19. The van der Waals surface area contributed by atoms with Crippen molar-refractivity contribution in [2.45, 2.75) is 23.1 Å². The number of ether oxygens (including phenoxy) is 1. The molecular formula is C11H17N3O4S2. The summed E-state index contributed by atoms with van der Waals surface area (Å²) in [5.74, 6) is -0.743. The van der Waals surface area contributed by atoms with Crippen LogP contribution in [-0.2, 0) is 14.8 Å². The maximum Gasteiger partial charge on any atom is 0.358 e. The summed E-state index contributed by atoms with van der Waals surface area (Å²) in [6, 6.07) is -0.147. The lowest BCUT2D eigenvalue weighted by molar-refractivity contribution is 0.0590. The van der Waals surface area contributed by atoms with E-state index in [0.29, 0.717) is 6.54 Å². The van der Waals surface area contributed by atoms with Gasteiger partial charge in [-0.25, -0.2) is 22.9 Å². The van der Waals surface area contributed by atoms with Crippen LogP contribution in [0.25, 0.3) is 0 Å². The Balaban J connectivity index is 2.18. The number of nitrogens with one attached hydrogen (secondary N) is 1. The fraction of sp³-hybridized carbons (Fsp3) is 0.636. The van der Waals surface area contributed by atoms with Gasteiger partial charge in [-0.3, -0.25) is 0 Å². The molecule has 7 nitrogen and oxygen atoms in total. The number of esters is 1.